The highest BCUT2D eigenvalue weighted by molar-refractivity contribution is 5.74. The molecule has 7 aromatic rings. The Balaban J connectivity index is 1.27. The number of aromatic nitrogens is 12. The van der Waals surface area contributed by atoms with Crippen LogP contribution in [0.3, 0.4) is 0 Å². The molecule has 0 saturated heterocycles. The first-order valence-corrected chi connectivity index (χ1v) is 14.1. The molecule has 0 aliphatic heterocycles. The summed E-state index contributed by atoms with van der Waals surface area (Å²) in [6.45, 7) is 6.05. The lowest BCUT2D eigenvalue weighted by Crippen LogP contribution is -2.03. The van der Waals surface area contributed by atoms with Crippen molar-refractivity contribution in [2.45, 2.75) is 20.8 Å². The highest BCUT2D eigenvalue weighted by Crippen LogP contribution is 2.29. The number of aryl methyl sites for hydroxylation is 3. The molecule has 12 heteroatoms. The van der Waals surface area contributed by atoms with Crippen LogP contribution in [0.25, 0.3) is 68.3 Å². The summed E-state index contributed by atoms with van der Waals surface area (Å²) in [6, 6.07) is 29.0. The van der Waals surface area contributed by atoms with Gasteiger partial charge >= 0.3 is 0 Å². The van der Waals surface area contributed by atoms with E-state index < -0.39 is 0 Å². The van der Waals surface area contributed by atoms with Gasteiger partial charge in [-0.25, -0.2) is 0 Å². The molecule has 12 nitrogen and oxygen atoms in total. The Morgan fingerprint density at radius 3 is 0.622 bits per heavy atom. The fourth-order valence-electron chi connectivity index (χ4n) is 4.50. The van der Waals surface area contributed by atoms with Crippen molar-refractivity contribution in [3.63, 3.8) is 0 Å². The molecule has 0 bridgehead atoms. The Bertz CT molecular complexity index is 1820. The fraction of sp³-hybridized carbons (Fsp3) is 0.0909. The number of hydrogen-bond donors (Lipinski definition) is 0. The minimum atomic E-state index is 0.295. The van der Waals surface area contributed by atoms with Gasteiger partial charge in [-0.1, -0.05) is 89.5 Å². The van der Waals surface area contributed by atoms with Gasteiger partial charge in [0.2, 0.25) is 34.9 Å². The predicted octanol–water partition coefficient (Wildman–Crippen LogP) is 5.35. The van der Waals surface area contributed by atoms with E-state index in [1.807, 2.05) is 112 Å². The summed E-state index contributed by atoms with van der Waals surface area (Å²) in [6.07, 6.45) is 0. The van der Waals surface area contributed by atoms with Crippen molar-refractivity contribution >= 4 is 0 Å². The lowest BCUT2D eigenvalue weighted by molar-refractivity contribution is 0.868. The SMILES string of the molecule is Cc1ccc(-c2nnc(-c3cc(-c4nnc(-c5ccc(C)cc5)nn4)cc(-c4nnc(-c5ccc(C)cc5)nn4)c3)nn2)cc1. The Kier molecular flexibility index (Phi) is 7.20. The molecule has 0 aliphatic carbocycles. The maximum Gasteiger partial charge on any atom is 0.203 e. The maximum atomic E-state index is 4.37. The highest BCUT2D eigenvalue weighted by Gasteiger charge is 2.16. The van der Waals surface area contributed by atoms with E-state index in [1.54, 1.807) is 0 Å². The Morgan fingerprint density at radius 1 is 0.244 bits per heavy atom. The quantitative estimate of drug-likeness (QED) is 0.246. The van der Waals surface area contributed by atoms with E-state index in [9.17, 15) is 0 Å². The van der Waals surface area contributed by atoms with Crippen molar-refractivity contribution in [3.05, 3.63) is 108 Å². The van der Waals surface area contributed by atoms with E-state index in [0.29, 0.717) is 51.6 Å². The van der Waals surface area contributed by atoms with Gasteiger partial charge in [0.05, 0.1) is 0 Å². The molecule has 0 unspecified atom stereocenters. The van der Waals surface area contributed by atoms with Crippen molar-refractivity contribution in [1.82, 2.24) is 61.2 Å². The van der Waals surface area contributed by atoms with Gasteiger partial charge in [0.15, 0.2) is 0 Å². The van der Waals surface area contributed by atoms with Crippen molar-refractivity contribution in [2.75, 3.05) is 0 Å². The second kappa shape index (κ2) is 11.8. The Labute approximate surface area is 257 Å². The summed E-state index contributed by atoms with van der Waals surface area (Å²) in [5, 5.41) is 52.2. The molecule has 0 spiro atoms. The van der Waals surface area contributed by atoms with Crippen LogP contribution in [0.2, 0.25) is 0 Å². The lowest BCUT2D eigenvalue weighted by Gasteiger charge is -2.08. The van der Waals surface area contributed by atoms with Crippen LogP contribution in [-0.4, -0.2) is 61.2 Å². The summed E-state index contributed by atoms with van der Waals surface area (Å²) in [7, 11) is 0. The third-order valence-electron chi connectivity index (χ3n) is 7.07. The zero-order chi connectivity index (χ0) is 30.8. The monoisotopic (exact) mass is 588 g/mol. The third-order valence-corrected chi connectivity index (χ3v) is 7.07. The molecule has 0 fully saturated rings. The lowest BCUT2D eigenvalue weighted by atomic mass is 10.0. The van der Waals surface area contributed by atoms with Crippen LogP contribution in [-0.2, 0) is 0 Å². The van der Waals surface area contributed by atoms with Crippen LogP contribution in [0.5, 0.6) is 0 Å². The molecule has 45 heavy (non-hydrogen) atoms. The van der Waals surface area contributed by atoms with Crippen molar-refractivity contribution in [2.24, 2.45) is 0 Å². The molecule has 0 aliphatic rings. The van der Waals surface area contributed by atoms with Crippen molar-refractivity contribution in [1.29, 1.82) is 0 Å². The number of hydrogen-bond acceptors (Lipinski definition) is 12. The molecule has 0 N–H and O–H groups in total. The molecule has 0 amide bonds. The fourth-order valence-corrected chi connectivity index (χ4v) is 4.50. The van der Waals surface area contributed by atoms with E-state index in [-0.39, 0.29) is 0 Å². The summed E-state index contributed by atoms with van der Waals surface area (Å²) in [5.74, 6) is 2.14. The van der Waals surface area contributed by atoms with Crippen molar-refractivity contribution < 1.29 is 0 Å². The number of rotatable bonds is 6. The predicted molar refractivity (Wildman–Crippen MR) is 167 cm³/mol. The first-order valence-electron chi connectivity index (χ1n) is 14.1. The number of benzene rings is 4. The van der Waals surface area contributed by atoms with E-state index in [1.165, 1.54) is 0 Å². The smallest absolute Gasteiger partial charge is 0.126 e. The molecular formula is C33H24N12. The summed E-state index contributed by atoms with van der Waals surface area (Å²) >= 11 is 0. The van der Waals surface area contributed by atoms with Crippen LogP contribution >= 0.6 is 0 Å². The van der Waals surface area contributed by atoms with Gasteiger partial charge in [-0.2, -0.15) is 0 Å². The van der Waals surface area contributed by atoms with Crippen LogP contribution < -0.4 is 0 Å². The molecule has 216 valence electrons. The largest absolute Gasteiger partial charge is 0.203 e. The zero-order valence-electron chi connectivity index (χ0n) is 24.5. The summed E-state index contributed by atoms with van der Waals surface area (Å²) < 4.78 is 0. The summed E-state index contributed by atoms with van der Waals surface area (Å²) in [4.78, 5) is 0. The average Bonchev–Trinajstić information content (AvgIpc) is 3.09. The van der Waals surface area contributed by atoms with Gasteiger partial charge in [0.1, 0.15) is 0 Å². The second-order valence-corrected chi connectivity index (χ2v) is 10.5. The second-order valence-electron chi connectivity index (χ2n) is 10.5. The minimum Gasteiger partial charge on any atom is -0.126 e. The Morgan fingerprint density at radius 2 is 0.422 bits per heavy atom. The van der Waals surface area contributed by atoms with Gasteiger partial charge in [-0.05, 0) is 39.0 Å². The van der Waals surface area contributed by atoms with E-state index in [4.69, 9.17) is 0 Å². The maximum absolute atomic E-state index is 4.37. The zero-order valence-corrected chi connectivity index (χ0v) is 24.5. The molecule has 0 atom stereocenters. The summed E-state index contributed by atoms with van der Waals surface area (Å²) in [5.41, 5.74) is 7.65. The standard InChI is InChI=1S/C33H24N12/c1-19-4-10-22(11-5-19)28-34-40-31(41-35-28)25-16-26(32-42-36-29(37-43-32)23-12-6-20(2)7-13-23)18-27(17-25)33-44-38-30(39-45-33)24-14-8-21(3)9-15-24/h4-18H,1-3H3. The first kappa shape index (κ1) is 27.5. The molecule has 3 aromatic heterocycles. The van der Waals surface area contributed by atoms with Crippen LogP contribution in [0.15, 0.2) is 91.0 Å². The average molecular weight is 589 g/mol. The van der Waals surface area contributed by atoms with E-state index >= 15 is 0 Å². The van der Waals surface area contributed by atoms with Gasteiger partial charge in [-0.15, -0.1) is 61.2 Å². The third kappa shape index (κ3) is 5.97. The molecule has 3 heterocycles. The van der Waals surface area contributed by atoms with Gasteiger partial charge < -0.3 is 0 Å². The molecule has 0 saturated carbocycles. The topological polar surface area (TPSA) is 155 Å². The minimum absolute atomic E-state index is 0.295. The highest BCUT2D eigenvalue weighted by atomic mass is 15.3. The van der Waals surface area contributed by atoms with Crippen LogP contribution in [0.1, 0.15) is 16.7 Å². The van der Waals surface area contributed by atoms with Gasteiger partial charge in [-0.3, -0.25) is 0 Å². The first-order chi connectivity index (χ1) is 22.0. The van der Waals surface area contributed by atoms with Gasteiger partial charge in [0, 0.05) is 33.4 Å². The van der Waals surface area contributed by atoms with Crippen LogP contribution in [0, 0.1) is 20.8 Å². The molecule has 7 rings (SSSR count). The number of nitrogens with zero attached hydrogens (tertiary/aromatic N) is 12. The molecule has 4 aromatic carbocycles. The van der Waals surface area contributed by atoms with Crippen LogP contribution in [0.4, 0.5) is 0 Å². The van der Waals surface area contributed by atoms with E-state index in [2.05, 4.69) is 61.2 Å². The van der Waals surface area contributed by atoms with Gasteiger partial charge in [0.25, 0.3) is 0 Å². The van der Waals surface area contributed by atoms with Crippen molar-refractivity contribution in [3.8, 4) is 68.3 Å². The Hall–Kier alpha value is -6.30. The van der Waals surface area contributed by atoms with E-state index in [0.717, 1.165) is 33.4 Å². The molecular weight excluding hydrogens is 564 g/mol. The normalized spacial score (nSPS) is 11.0. The molecule has 0 radical (unpaired) electrons.